The Kier molecular flexibility index (Phi) is 3.87. The second-order valence-corrected chi connectivity index (χ2v) is 5.26. The first-order valence-corrected chi connectivity index (χ1v) is 6.62. The van der Waals surface area contributed by atoms with Crippen LogP contribution in [0, 0.1) is 0 Å². The zero-order valence-electron chi connectivity index (χ0n) is 10.5. The summed E-state index contributed by atoms with van der Waals surface area (Å²) in [6.45, 7) is 4.48. The van der Waals surface area contributed by atoms with E-state index in [1.165, 1.54) is 43.4 Å². The molecule has 1 nitrogen and oxygen atoms in total. The van der Waals surface area contributed by atoms with Gasteiger partial charge in [0.25, 0.3) is 0 Å². The Morgan fingerprint density at radius 1 is 1.00 bits per heavy atom. The van der Waals surface area contributed by atoms with Gasteiger partial charge >= 0.3 is 0 Å². The highest BCUT2D eigenvalue weighted by molar-refractivity contribution is 5.46. The zero-order valence-corrected chi connectivity index (χ0v) is 10.5. The molecule has 0 aromatic heterocycles. The Hall–Kier alpha value is -0.980. The molecule has 1 fully saturated rings. The minimum atomic E-state index is 0.628. The van der Waals surface area contributed by atoms with Crippen LogP contribution in [-0.2, 0) is 0 Å². The van der Waals surface area contributed by atoms with E-state index in [4.69, 9.17) is 0 Å². The van der Waals surface area contributed by atoms with E-state index in [2.05, 4.69) is 43.4 Å². The van der Waals surface area contributed by atoms with Crippen molar-refractivity contribution in [1.29, 1.82) is 0 Å². The van der Waals surface area contributed by atoms with E-state index >= 15 is 0 Å². The normalized spacial score (nSPS) is 17.7. The lowest BCUT2D eigenvalue weighted by Gasteiger charge is -2.24. The SMILES string of the molecule is CC(C)c1ccc(NC2CCCCC2)cc1. The van der Waals surface area contributed by atoms with Crippen LogP contribution in [-0.4, -0.2) is 6.04 Å². The number of rotatable bonds is 3. The minimum Gasteiger partial charge on any atom is -0.382 e. The fraction of sp³-hybridized carbons (Fsp3) is 0.600. The van der Waals surface area contributed by atoms with Gasteiger partial charge in [-0.25, -0.2) is 0 Å². The highest BCUT2D eigenvalue weighted by Crippen LogP contribution is 2.23. The van der Waals surface area contributed by atoms with Crippen LogP contribution in [0.4, 0.5) is 5.69 Å². The minimum absolute atomic E-state index is 0.628. The number of hydrogen-bond donors (Lipinski definition) is 1. The fourth-order valence-corrected chi connectivity index (χ4v) is 2.45. The third-order valence-electron chi connectivity index (χ3n) is 3.55. The molecule has 1 heteroatoms. The van der Waals surface area contributed by atoms with Gasteiger partial charge in [-0.1, -0.05) is 45.2 Å². The molecule has 1 aliphatic carbocycles. The maximum absolute atomic E-state index is 3.65. The van der Waals surface area contributed by atoms with Crippen molar-refractivity contribution in [2.75, 3.05) is 5.32 Å². The van der Waals surface area contributed by atoms with Gasteiger partial charge in [0.1, 0.15) is 0 Å². The van der Waals surface area contributed by atoms with Crippen molar-refractivity contribution in [2.24, 2.45) is 0 Å². The smallest absolute Gasteiger partial charge is 0.0342 e. The number of nitrogens with one attached hydrogen (secondary N) is 1. The van der Waals surface area contributed by atoms with Gasteiger partial charge in [-0.15, -0.1) is 0 Å². The summed E-state index contributed by atoms with van der Waals surface area (Å²) in [4.78, 5) is 0. The predicted octanol–water partition coefficient (Wildman–Crippen LogP) is 4.55. The first kappa shape index (κ1) is 11.5. The van der Waals surface area contributed by atoms with E-state index in [-0.39, 0.29) is 0 Å². The van der Waals surface area contributed by atoms with Crippen molar-refractivity contribution in [2.45, 2.75) is 57.9 Å². The van der Waals surface area contributed by atoms with Crippen LogP contribution < -0.4 is 5.32 Å². The number of hydrogen-bond acceptors (Lipinski definition) is 1. The summed E-state index contributed by atoms with van der Waals surface area (Å²) in [7, 11) is 0. The third kappa shape index (κ3) is 3.01. The molecule has 0 unspecified atom stereocenters. The largest absolute Gasteiger partial charge is 0.382 e. The molecule has 1 aliphatic rings. The van der Waals surface area contributed by atoms with Crippen LogP contribution in [0.25, 0.3) is 0 Å². The van der Waals surface area contributed by atoms with Crippen molar-refractivity contribution < 1.29 is 0 Å². The van der Waals surface area contributed by atoms with Gasteiger partial charge < -0.3 is 5.32 Å². The topological polar surface area (TPSA) is 12.0 Å². The molecule has 1 saturated carbocycles. The lowest BCUT2D eigenvalue weighted by atomic mass is 9.95. The standard InChI is InChI=1S/C15H23N/c1-12(2)13-8-10-15(11-9-13)16-14-6-4-3-5-7-14/h8-12,14,16H,3-7H2,1-2H3. The van der Waals surface area contributed by atoms with E-state index < -0.39 is 0 Å². The average Bonchev–Trinajstić information content (AvgIpc) is 2.31. The summed E-state index contributed by atoms with van der Waals surface area (Å²) >= 11 is 0. The van der Waals surface area contributed by atoms with Crippen molar-refractivity contribution >= 4 is 5.69 Å². The Morgan fingerprint density at radius 2 is 1.62 bits per heavy atom. The fourth-order valence-electron chi connectivity index (χ4n) is 2.45. The van der Waals surface area contributed by atoms with Crippen LogP contribution in [0.3, 0.4) is 0 Å². The Bertz CT molecular complexity index is 307. The second kappa shape index (κ2) is 5.38. The van der Waals surface area contributed by atoms with Gasteiger partial charge in [-0.05, 0) is 36.5 Å². The second-order valence-electron chi connectivity index (χ2n) is 5.26. The summed E-state index contributed by atoms with van der Waals surface area (Å²) in [5.41, 5.74) is 2.71. The van der Waals surface area contributed by atoms with Crippen LogP contribution in [0.15, 0.2) is 24.3 Å². The lowest BCUT2D eigenvalue weighted by Crippen LogP contribution is -2.22. The van der Waals surface area contributed by atoms with E-state index in [9.17, 15) is 0 Å². The summed E-state index contributed by atoms with van der Waals surface area (Å²) in [5, 5.41) is 3.65. The van der Waals surface area contributed by atoms with Gasteiger partial charge in [0.15, 0.2) is 0 Å². The zero-order chi connectivity index (χ0) is 11.4. The number of benzene rings is 1. The molecule has 0 heterocycles. The molecule has 2 rings (SSSR count). The summed E-state index contributed by atoms with van der Waals surface area (Å²) in [5.74, 6) is 0.628. The first-order chi connectivity index (χ1) is 7.75. The van der Waals surface area contributed by atoms with Crippen LogP contribution in [0.5, 0.6) is 0 Å². The van der Waals surface area contributed by atoms with E-state index in [1.807, 2.05) is 0 Å². The maximum atomic E-state index is 3.65. The maximum Gasteiger partial charge on any atom is 0.0342 e. The van der Waals surface area contributed by atoms with Crippen molar-refractivity contribution in [3.05, 3.63) is 29.8 Å². The van der Waals surface area contributed by atoms with Gasteiger partial charge in [-0.3, -0.25) is 0 Å². The molecule has 0 saturated heterocycles. The highest BCUT2D eigenvalue weighted by Gasteiger charge is 2.12. The summed E-state index contributed by atoms with van der Waals surface area (Å²) in [6.07, 6.45) is 6.88. The molecule has 0 spiro atoms. The number of anilines is 1. The summed E-state index contributed by atoms with van der Waals surface area (Å²) < 4.78 is 0. The Balaban J connectivity index is 1.93. The molecule has 0 atom stereocenters. The predicted molar refractivity (Wildman–Crippen MR) is 71.0 cm³/mol. The van der Waals surface area contributed by atoms with Crippen molar-refractivity contribution in [1.82, 2.24) is 0 Å². The molecule has 0 radical (unpaired) electrons. The first-order valence-electron chi connectivity index (χ1n) is 6.62. The molecule has 0 amide bonds. The molecule has 16 heavy (non-hydrogen) atoms. The molecular weight excluding hydrogens is 194 g/mol. The average molecular weight is 217 g/mol. The molecule has 0 bridgehead atoms. The van der Waals surface area contributed by atoms with Crippen LogP contribution in [0.1, 0.15) is 57.4 Å². The molecule has 0 aliphatic heterocycles. The van der Waals surface area contributed by atoms with Gasteiger partial charge in [0, 0.05) is 11.7 Å². The Labute approximate surface area is 99.3 Å². The van der Waals surface area contributed by atoms with E-state index in [0.717, 1.165) is 0 Å². The summed E-state index contributed by atoms with van der Waals surface area (Å²) in [6, 6.07) is 9.65. The molecule has 1 aromatic carbocycles. The molecule has 1 aromatic rings. The lowest BCUT2D eigenvalue weighted by molar-refractivity contribution is 0.463. The monoisotopic (exact) mass is 217 g/mol. The van der Waals surface area contributed by atoms with Crippen LogP contribution in [0.2, 0.25) is 0 Å². The molecule has 1 N–H and O–H groups in total. The van der Waals surface area contributed by atoms with Gasteiger partial charge in [-0.2, -0.15) is 0 Å². The van der Waals surface area contributed by atoms with Crippen molar-refractivity contribution in [3.8, 4) is 0 Å². The van der Waals surface area contributed by atoms with E-state index in [1.54, 1.807) is 0 Å². The molecular formula is C15H23N. The van der Waals surface area contributed by atoms with E-state index in [0.29, 0.717) is 12.0 Å². The molecule has 88 valence electrons. The Morgan fingerprint density at radius 3 is 2.19 bits per heavy atom. The van der Waals surface area contributed by atoms with Gasteiger partial charge in [0.2, 0.25) is 0 Å². The van der Waals surface area contributed by atoms with Crippen molar-refractivity contribution in [3.63, 3.8) is 0 Å². The third-order valence-corrected chi connectivity index (χ3v) is 3.55. The van der Waals surface area contributed by atoms with Gasteiger partial charge in [0.05, 0.1) is 0 Å². The van der Waals surface area contributed by atoms with Crippen LogP contribution >= 0.6 is 0 Å². The highest BCUT2D eigenvalue weighted by atomic mass is 14.9. The quantitative estimate of drug-likeness (QED) is 0.783.